The number of methoxy groups -OCH3 is 1. The van der Waals surface area contributed by atoms with Crippen molar-refractivity contribution in [2.45, 2.75) is 0 Å². The number of benzene rings is 3. The summed E-state index contributed by atoms with van der Waals surface area (Å²) >= 11 is 24.4. The first-order valence-corrected chi connectivity index (χ1v) is 11.1. The predicted octanol–water partition coefficient (Wildman–Crippen LogP) is 6.87. The van der Waals surface area contributed by atoms with Crippen LogP contribution in [0.2, 0.25) is 20.1 Å². The van der Waals surface area contributed by atoms with Gasteiger partial charge in [0.05, 0.1) is 32.8 Å². The Kier molecular flexibility index (Phi) is 7.14. The van der Waals surface area contributed by atoms with Gasteiger partial charge in [0.1, 0.15) is 0 Å². The summed E-state index contributed by atoms with van der Waals surface area (Å²) in [4.78, 5) is 29.1. The number of ether oxygens (including phenoxy) is 3. The maximum absolute atomic E-state index is 12.5. The lowest BCUT2D eigenvalue weighted by molar-refractivity contribution is -0.129. The van der Waals surface area contributed by atoms with E-state index in [0.717, 1.165) is 0 Å². The Morgan fingerprint density at radius 1 is 0.941 bits per heavy atom. The van der Waals surface area contributed by atoms with Crippen molar-refractivity contribution in [3.05, 3.63) is 97.1 Å². The fourth-order valence-corrected chi connectivity index (χ4v) is 3.78. The largest absolute Gasteiger partial charge is 0.493 e. The lowest BCUT2D eigenvalue weighted by Crippen LogP contribution is -2.10. The van der Waals surface area contributed by atoms with Gasteiger partial charge in [0.2, 0.25) is 5.90 Å². The Labute approximate surface area is 214 Å². The molecule has 0 saturated heterocycles. The summed E-state index contributed by atoms with van der Waals surface area (Å²) in [6.45, 7) is 0. The van der Waals surface area contributed by atoms with E-state index in [1.54, 1.807) is 36.4 Å². The quantitative estimate of drug-likeness (QED) is 0.202. The molecule has 0 bridgehead atoms. The van der Waals surface area contributed by atoms with Crippen molar-refractivity contribution in [3.8, 4) is 11.5 Å². The molecule has 0 radical (unpaired) electrons. The Morgan fingerprint density at radius 3 is 2.41 bits per heavy atom. The first-order valence-electron chi connectivity index (χ1n) is 9.59. The third-order valence-corrected chi connectivity index (χ3v) is 5.98. The van der Waals surface area contributed by atoms with Gasteiger partial charge in [-0.3, -0.25) is 0 Å². The fourth-order valence-electron chi connectivity index (χ4n) is 3.02. The molecule has 4 rings (SSSR count). The molecule has 0 fully saturated rings. The highest BCUT2D eigenvalue weighted by atomic mass is 35.5. The molecule has 0 saturated carbocycles. The molecule has 0 atom stereocenters. The Morgan fingerprint density at radius 2 is 1.71 bits per heavy atom. The monoisotopic (exact) mass is 535 g/mol. The molecule has 0 unspecified atom stereocenters. The van der Waals surface area contributed by atoms with Gasteiger partial charge in [0, 0.05) is 5.56 Å². The topological polar surface area (TPSA) is 74.2 Å². The molecular weight excluding hydrogens is 524 g/mol. The van der Waals surface area contributed by atoms with Gasteiger partial charge in [-0.05, 0) is 54.1 Å². The molecule has 0 N–H and O–H groups in total. The number of aliphatic imine (C=N–C) groups is 1. The molecular formula is C24H13Cl4NO5. The van der Waals surface area contributed by atoms with E-state index >= 15 is 0 Å². The molecule has 10 heteroatoms. The van der Waals surface area contributed by atoms with Gasteiger partial charge in [-0.25, -0.2) is 14.6 Å². The van der Waals surface area contributed by atoms with Crippen molar-refractivity contribution >= 4 is 70.3 Å². The summed E-state index contributed by atoms with van der Waals surface area (Å²) in [5.74, 6) is -1.11. The van der Waals surface area contributed by atoms with Gasteiger partial charge in [0.25, 0.3) is 0 Å². The van der Waals surface area contributed by atoms with Crippen molar-refractivity contribution in [3.63, 3.8) is 0 Å². The SMILES string of the molecule is COc1cc(/C=C2\N=C(c3ccc(Cl)c(Cl)c3)OC2=O)cc(Cl)c1OC(=O)c1ccccc1Cl. The summed E-state index contributed by atoms with van der Waals surface area (Å²) in [7, 11) is 1.39. The number of nitrogens with zero attached hydrogens (tertiary/aromatic N) is 1. The average molecular weight is 537 g/mol. The van der Waals surface area contributed by atoms with Gasteiger partial charge in [-0.2, -0.15) is 0 Å². The summed E-state index contributed by atoms with van der Waals surface area (Å²) in [6.07, 6.45) is 1.46. The van der Waals surface area contributed by atoms with Crippen LogP contribution in [0.4, 0.5) is 0 Å². The van der Waals surface area contributed by atoms with Crippen LogP contribution in [0.5, 0.6) is 11.5 Å². The van der Waals surface area contributed by atoms with E-state index in [-0.39, 0.29) is 38.7 Å². The molecule has 1 heterocycles. The van der Waals surface area contributed by atoms with E-state index < -0.39 is 11.9 Å². The minimum absolute atomic E-state index is 0.00484. The van der Waals surface area contributed by atoms with Crippen LogP contribution in [-0.2, 0) is 9.53 Å². The first-order chi connectivity index (χ1) is 16.3. The predicted molar refractivity (Wildman–Crippen MR) is 131 cm³/mol. The normalized spacial score (nSPS) is 14.1. The van der Waals surface area contributed by atoms with Crippen molar-refractivity contribution in [2.24, 2.45) is 4.99 Å². The van der Waals surface area contributed by atoms with E-state index in [0.29, 0.717) is 21.2 Å². The number of carbonyl (C=O) groups excluding carboxylic acids is 2. The number of rotatable bonds is 5. The second-order valence-corrected chi connectivity index (χ2v) is 8.50. The third-order valence-electron chi connectivity index (χ3n) is 4.63. The molecule has 34 heavy (non-hydrogen) atoms. The van der Waals surface area contributed by atoms with Gasteiger partial charge in [-0.1, -0.05) is 58.5 Å². The van der Waals surface area contributed by atoms with Crippen molar-refractivity contribution in [2.75, 3.05) is 7.11 Å². The second-order valence-electron chi connectivity index (χ2n) is 6.87. The van der Waals surface area contributed by atoms with E-state index in [1.165, 1.54) is 31.4 Å². The highest BCUT2D eigenvalue weighted by Gasteiger charge is 2.25. The highest BCUT2D eigenvalue weighted by molar-refractivity contribution is 6.42. The van der Waals surface area contributed by atoms with Crippen molar-refractivity contribution in [1.82, 2.24) is 0 Å². The second kappa shape index (κ2) is 10.1. The number of carbonyl (C=O) groups is 2. The van der Waals surface area contributed by atoms with Crippen LogP contribution in [-0.4, -0.2) is 24.9 Å². The van der Waals surface area contributed by atoms with E-state index in [9.17, 15) is 9.59 Å². The zero-order valence-electron chi connectivity index (χ0n) is 17.3. The maximum Gasteiger partial charge on any atom is 0.363 e. The molecule has 0 amide bonds. The average Bonchev–Trinajstić information content (AvgIpc) is 3.17. The van der Waals surface area contributed by atoms with Crippen LogP contribution in [0.3, 0.4) is 0 Å². The highest BCUT2D eigenvalue weighted by Crippen LogP contribution is 2.38. The minimum atomic E-state index is -0.702. The van der Waals surface area contributed by atoms with Crippen LogP contribution >= 0.6 is 46.4 Å². The fraction of sp³-hybridized carbons (Fsp3) is 0.0417. The summed E-state index contributed by atoms with van der Waals surface area (Å²) in [6, 6.07) is 14.2. The standard InChI is InChI=1S/C24H13Cl4NO5/c1-32-20-10-12(8-18(28)21(20)33-23(30)14-4-2-3-5-15(14)25)9-19-24(31)34-22(29-19)13-6-7-16(26)17(27)11-13/h2-11H,1H3/b19-9-. The number of halogens is 4. The molecule has 6 nitrogen and oxygen atoms in total. The van der Waals surface area contributed by atoms with Crippen LogP contribution in [0.25, 0.3) is 6.08 Å². The van der Waals surface area contributed by atoms with Crippen LogP contribution in [0.15, 0.2) is 65.3 Å². The number of hydrogen-bond donors (Lipinski definition) is 0. The maximum atomic E-state index is 12.5. The zero-order chi connectivity index (χ0) is 24.4. The van der Waals surface area contributed by atoms with E-state index in [4.69, 9.17) is 60.6 Å². The van der Waals surface area contributed by atoms with Gasteiger partial charge in [0.15, 0.2) is 17.2 Å². The van der Waals surface area contributed by atoms with Crippen molar-refractivity contribution < 1.29 is 23.8 Å². The minimum Gasteiger partial charge on any atom is -0.493 e. The van der Waals surface area contributed by atoms with E-state index in [1.807, 2.05) is 0 Å². The van der Waals surface area contributed by atoms with Crippen molar-refractivity contribution in [1.29, 1.82) is 0 Å². The van der Waals surface area contributed by atoms with Gasteiger partial charge >= 0.3 is 11.9 Å². The number of hydrogen-bond acceptors (Lipinski definition) is 6. The van der Waals surface area contributed by atoms with Gasteiger partial charge in [-0.15, -0.1) is 0 Å². The Hall–Kier alpha value is -3.03. The molecule has 0 aromatic heterocycles. The summed E-state index contributed by atoms with van der Waals surface area (Å²) < 4.78 is 16.0. The third kappa shape index (κ3) is 5.05. The zero-order valence-corrected chi connectivity index (χ0v) is 20.3. The molecule has 3 aromatic carbocycles. The molecule has 3 aromatic rings. The first kappa shape index (κ1) is 24.1. The van der Waals surface area contributed by atoms with E-state index in [2.05, 4.69) is 4.99 Å². The Bertz CT molecular complexity index is 1380. The number of esters is 2. The summed E-state index contributed by atoms with van der Waals surface area (Å²) in [5.41, 5.74) is 1.15. The van der Waals surface area contributed by atoms with Gasteiger partial charge < -0.3 is 14.2 Å². The number of cyclic esters (lactones) is 1. The molecule has 1 aliphatic heterocycles. The van der Waals surface area contributed by atoms with Crippen LogP contribution in [0, 0.1) is 0 Å². The summed E-state index contributed by atoms with van der Waals surface area (Å²) in [5, 5.41) is 0.975. The van der Waals surface area contributed by atoms with Crippen LogP contribution in [0.1, 0.15) is 21.5 Å². The smallest absolute Gasteiger partial charge is 0.363 e. The molecule has 172 valence electrons. The Balaban J connectivity index is 1.64. The lowest BCUT2D eigenvalue weighted by Gasteiger charge is -2.12. The molecule has 0 spiro atoms. The lowest BCUT2D eigenvalue weighted by atomic mass is 10.1. The van der Waals surface area contributed by atoms with Crippen LogP contribution < -0.4 is 9.47 Å². The molecule has 1 aliphatic rings. The molecule has 0 aliphatic carbocycles.